The number of carbonyl (C=O) groups is 1. The van der Waals surface area contributed by atoms with Crippen molar-refractivity contribution in [2.75, 3.05) is 31.1 Å². The first-order chi connectivity index (χ1) is 13.3. The topological polar surface area (TPSA) is 75.9 Å². The van der Waals surface area contributed by atoms with Crippen LogP contribution < -0.4 is 9.64 Å². The Bertz CT molecular complexity index is 889. The van der Waals surface area contributed by atoms with Gasteiger partial charge in [0, 0.05) is 42.8 Å². The molecule has 0 radical (unpaired) electrons. The molecule has 0 saturated carbocycles. The van der Waals surface area contributed by atoms with Crippen molar-refractivity contribution in [1.82, 2.24) is 4.90 Å². The molecule has 28 heavy (non-hydrogen) atoms. The summed E-state index contributed by atoms with van der Waals surface area (Å²) in [5.41, 5.74) is 0.452. The molecule has 2 aromatic rings. The molecule has 0 bridgehead atoms. The number of hydrogen-bond acceptors (Lipinski definition) is 5. The van der Waals surface area contributed by atoms with Gasteiger partial charge in [-0.2, -0.15) is 8.78 Å². The number of ether oxygens (including phenoxy) is 1. The van der Waals surface area contributed by atoms with Crippen molar-refractivity contribution in [2.24, 2.45) is 0 Å². The lowest BCUT2D eigenvalue weighted by molar-refractivity contribution is -0.385. The van der Waals surface area contributed by atoms with E-state index in [0.717, 1.165) is 6.07 Å². The standard InChI is InChI=1S/C18H16ClF2N3O4/c19-13-3-1-2-12(10-13)17(25)23-8-6-22(7-9-23)15-5-4-14(24(26)27)11-16(15)28-18(20)21/h1-5,10-11,18H,6-9H2. The number of amides is 1. The van der Waals surface area contributed by atoms with E-state index in [1.807, 2.05) is 0 Å². The van der Waals surface area contributed by atoms with Crippen molar-refractivity contribution < 1.29 is 23.2 Å². The van der Waals surface area contributed by atoms with Gasteiger partial charge in [0.15, 0.2) is 5.75 Å². The van der Waals surface area contributed by atoms with Gasteiger partial charge in [-0.3, -0.25) is 14.9 Å². The van der Waals surface area contributed by atoms with Gasteiger partial charge in [-0.15, -0.1) is 0 Å². The Hall–Kier alpha value is -2.94. The lowest BCUT2D eigenvalue weighted by atomic mass is 10.1. The maximum Gasteiger partial charge on any atom is 0.387 e. The lowest BCUT2D eigenvalue weighted by Gasteiger charge is -2.36. The molecule has 3 rings (SSSR count). The van der Waals surface area contributed by atoms with E-state index < -0.39 is 11.5 Å². The van der Waals surface area contributed by atoms with Gasteiger partial charge in [0.2, 0.25) is 0 Å². The van der Waals surface area contributed by atoms with Crippen LogP contribution in [-0.2, 0) is 0 Å². The van der Waals surface area contributed by atoms with Crippen molar-refractivity contribution in [2.45, 2.75) is 6.61 Å². The summed E-state index contributed by atoms with van der Waals surface area (Å²) >= 11 is 5.92. The van der Waals surface area contributed by atoms with Crippen molar-refractivity contribution in [3.63, 3.8) is 0 Å². The van der Waals surface area contributed by atoms with Crippen molar-refractivity contribution in [3.8, 4) is 5.75 Å². The van der Waals surface area contributed by atoms with E-state index in [1.165, 1.54) is 12.1 Å². The van der Waals surface area contributed by atoms with Crippen LogP contribution in [0.3, 0.4) is 0 Å². The van der Waals surface area contributed by atoms with Gasteiger partial charge < -0.3 is 14.5 Å². The third-order valence-corrected chi connectivity index (χ3v) is 4.58. The zero-order valence-electron chi connectivity index (χ0n) is 14.6. The number of rotatable bonds is 5. The molecular weight excluding hydrogens is 396 g/mol. The fourth-order valence-corrected chi connectivity index (χ4v) is 3.21. The normalized spacial score (nSPS) is 14.3. The van der Waals surface area contributed by atoms with Gasteiger partial charge in [-0.25, -0.2) is 0 Å². The second-order valence-electron chi connectivity index (χ2n) is 6.08. The highest BCUT2D eigenvalue weighted by atomic mass is 35.5. The highest BCUT2D eigenvalue weighted by Gasteiger charge is 2.26. The van der Waals surface area contributed by atoms with Gasteiger partial charge in [0.05, 0.1) is 16.7 Å². The number of anilines is 1. The van der Waals surface area contributed by atoms with E-state index in [0.29, 0.717) is 42.5 Å². The van der Waals surface area contributed by atoms with E-state index in [1.54, 1.807) is 34.1 Å². The molecule has 1 aliphatic heterocycles. The Morgan fingerprint density at radius 1 is 1.14 bits per heavy atom. The zero-order valence-corrected chi connectivity index (χ0v) is 15.3. The Morgan fingerprint density at radius 3 is 2.46 bits per heavy atom. The van der Waals surface area contributed by atoms with E-state index in [9.17, 15) is 23.7 Å². The first-order valence-electron chi connectivity index (χ1n) is 8.38. The minimum absolute atomic E-state index is 0.171. The molecule has 1 fully saturated rings. The predicted molar refractivity (Wildman–Crippen MR) is 99.3 cm³/mol. The van der Waals surface area contributed by atoms with Crippen molar-refractivity contribution in [3.05, 3.63) is 63.2 Å². The molecular formula is C18H16ClF2N3O4. The summed E-state index contributed by atoms with van der Waals surface area (Å²) in [5.74, 6) is -0.436. The number of nitrogens with zero attached hydrogens (tertiary/aromatic N) is 3. The van der Waals surface area contributed by atoms with Crippen LogP contribution in [0.5, 0.6) is 5.75 Å². The molecule has 0 N–H and O–H groups in total. The number of halogens is 3. The quantitative estimate of drug-likeness (QED) is 0.552. The minimum atomic E-state index is -3.11. The molecule has 1 heterocycles. The van der Waals surface area contributed by atoms with E-state index >= 15 is 0 Å². The lowest BCUT2D eigenvalue weighted by Crippen LogP contribution is -2.48. The van der Waals surface area contributed by atoms with Gasteiger partial charge in [-0.1, -0.05) is 17.7 Å². The summed E-state index contributed by atoms with van der Waals surface area (Å²) in [5, 5.41) is 11.4. The van der Waals surface area contributed by atoms with Crippen LogP contribution in [0.4, 0.5) is 20.2 Å². The molecule has 0 spiro atoms. The van der Waals surface area contributed by atoms with E-state index in [2.05, 4.69) is 4.74 Å². The molecule has 2 aromatic carbocycles. The molecule has 148 valence electrons. The van der Waals surface area contributed by atoms with Crippen LogP contribution in [0, 0.1) is 10.1 Å². The maximum atomic E-state index is 12.7. The molecule has 1 amide bonds. The third-order valence-electron chi connectivity index (χ3n) is 4.35. The second-order valence-corrected chi connectivity index (χ2v) is 6.51. The summed E-state index contributed by atoms with van der Waals surface area (Å²) in [6.45, 7) is -1.66. The highest BCUT2D eigenvalue weighted by molar-refractivity contribution is 6.30. The molecule has 0 aromatic heterocycles. The number of hydrogen-bond donors (Lipinski definition) is 0. The average Bonchev–Trinajstić information content (AvgIpc) is 2.67. The average molecular weight is 412 g/mol. The molecule has 0 aliphatic carbocycles. The fraction of sp³-hybridized carbons (Fsp3) is 0.278. The number of nitro groups is 1. The third kappa shape index (κ3) is 4.48. The summed E-state index contributed by atoms with van der Waals surface area (Å²) in [6, 6.07) is 10.2. The van der Waals surface area contributed by atoms with Gasteiger partial charge >= 0.3 is 6.61 Å². The summed E-state index contributed by atoms with van der Waals surface area (Å²) in [7, 11) is 0. The van der Waals surface area contributed by atoms with E-state index in [4.69, 9.17) is 11.6 Å². The Labute approximate surface area is 164 Å². The van der Waals surface area contributed by atoms with Crippen LogP contribution in [0.2, 0.25) is 5.02 Å². The molecule has 7 nitrogen and oxygen atoms in total. The Morgan fingerprint density at radius 2 is 1.86 bits per heavy atom. The molecule has 1 saturated heterocycles. The van der Waals surface area contributed by atoms with Gasteiger partial charge in [-0.05, 0) is 24.3 Å². The second kappa shape index (κ2) is 8.39. The predicted octanol–water partition coefficient (Wildman–Crippen LogP) is 3.81. The van der Waals surface area contributed by atoms with Crippen molar-refractivity contribution >= 4 is 28.9 Å². The fourth-order valence-electron chi connectivity index (χ4n) is 3.02. The molecule has 0 unspecified atom stereocenters. The van der Waals surface area contributed by atoms with Crippen LogP contribution in [0.1, 0.15) is 10.4 Å². The number of piperazine rings is 1. The summed E-state index contributed by atoms with van der Waals surface area (Å²) < 4.78 is 29.9. The first-order valence-corrected chi connectivity index (χ1v) is 8.76. The van der Waals surface area contributed by atoms with Gasteiger partial charge in [0.1, 0.15) is 0 Å². The molecule has 0 atom stereocenters. The largest absolute Gasteiger partial charge is 0.432 e. The van der Waals surface area contributed by atoms with Crippen molar-refractivity contribution in [1.29, 1.82) is 0 Å². The maximum absolute atomic E-state index is 12.7. The number of non-ortho nitro benzene ring substituents is 1. The summed E-state index contributed by atoms with van der Waals surface area (Å²) in [6.07, 6.45) is 0. The van der Waals surface area contributed by atoms with Crippen LogP contribution >= 0.6 is 11.6 Å². The van der Waals surface area contributed by atoms with Crippen LogP contribution in [0.15, 0.2) is 42.5 Å². The van der Waals surface area contributed by atoms with Crippen LogP contribution in [0.25, 0.3) is 0 Å². The smallest absolute Gasteiger partial charge is 0.387 e. The SMILES string of the molecule is O=C(c1cccc(Cl)c1)N1CCN(c2ccc([N+](=O)[O-])cc2OC(F)F)CC1. The first kappa shape index (κ1) is 19.8. The monoisotopic (exact) mass is 411 g/mol. The minimum Gasteiger partial charge on any atom is -0.432 e. The highest BCUT2D eigenvalue weighted by Crippen LogP contribution is 2.34. The zero-order chi connectivity index (χ0) is 20.3. The van der Waals surface area contributed by atoms with Crippen LogP contribution in [-0.4, -0.2) is 48.5 Å². The van der Waals surface area contributed by atoms with Gasteiger partial charge in [0.25, 0.3) is 11.6 Å². The number of alkyl halides is 2. The number of carbonyl (C=O) groups excluding carboxylic acids is 1. The number of nitro benzene ring substituents is 1. The Balaban J connectivity index is 1.74. The Kier molecular flexibility index (Phi) is 5.93. The number of benzene rings is 2. The molecule has 1 aliphatic rings. The molecule has 10 heteroatoms. The summed E-state index contributed by atoms with van der Waals surface area (Å²) in [4.78, 5) is 26.2. The van der Waals surface area contributed by atoms with E-state index in [-0.39, 0.29) is 17.3 Å².